The summed E-state index contributed by atoms with van der Waals surface area (Å²) >= 11 is 1.30. The quantitative estimate of drug-likeness (QED) is 0.683. The summed E-state index contributed by atoms with van der Waals surface area (Å²) in [5, 5.41) is 14.4. The van der Waals surface area contributed by atoms with Crippen molar-refractivity contribution in [3.05, 3.63) is 47.5 Å². The van der Waals surface area contributed by atoms with E-state index in [4.69, 9.17) is 5.26 Å². The molecule has 1 aromatic carbocycles. The molecule has 0 fully saturated rings. The maximum atomic E-state index is 13.4. The molecule has 0 radical (unpaired) electrons. The SMILES string of the molecule is COC(=O)c1cnn(-c2cc3cc(F)cc(C#N)c3s2)c1. The molecule has 0 aliphatic rings. The molecule has 0 aliphatic carbocycles. The van der Waals surface area contributed by atoms with Gasteiger partial charge in [-0.25, -0.2) is 13.9 Å². The summed E-state index contributed by atoms with van der Waals surface area (Å²) < 4.78 is 20.2. The van der Waals surface area contributed by atoms with Crippen molar-refractivity contribution >= 4 is 27.4 Å². The molecule has 0 atom stereocenters. The van der Waals surface area contributed by atoms with Crippen LogP contribution < -0.4 is 0 Å². The van der Waals surface area contributed by atoms with E-state index in [-0.39, 0.29) is 5.56 Å². The lowest BCUT2D eigenvalue weighted by Gasteiger charge is -1.94. The highest BCUT2D eigenvalue weighted by Crippen LogP contribution is 2.31. The highest BCUT2D eigenvalue weighted by molar-refractivity contribution is 7.21. The topological polar surface area (TPSA) is 67.9 Å². The average Bonchev–Trinajstić information content (AvgIpc) is 3.11. The molecule has 0 unspecified atom stereocenters. The molecule has 0 aliphatic heterocycles. The van der Waals surface area contributed by atoms with Crippen molar-refractivity contribution in [3.63, 3.8) is 0 Å². The first-order valence-corrected chi connectivity index (χ1v) is 6.70. The van der Waals surface area contributed by atoms with E-state index in [1.54, 1.807) is 6.07 Å². The zero-order chi connectivity index (χ0) is 15.0. The summed E-state index contributed by atoms with van der Waals surface area (Å²) in [6.45, 7) is 0. The molecule has 3 aromatic rings. The number of aromatic nitrogens is 2. The Morgan fingerprint density at radius 2 is 2.29 bits per heavy atom. The summed E-state index contributed by atoms with van der Waals surface area (Å²) in [4.78, 5) is 11.4. The zero-order valence-electron chi connectivity index (χ0n) is 10.8. The maximum Gasteiger partial charge on any atom is 0.341 e. The molecule has 2 aromatic heterocycles. The highest BCUT2D eigenvalue weighted by atomic mass is 32.1. The molecule has 7 heteroatoms. The molecule has 3 rings (SSSR count). The van der Waals surface area contributed by atoms with E-state index in [1.807, 2.05) is 6.07 Å². The molecule has 21 heavy (non-hydrogen) atoms. The van der Waals surface area contributed by atoms with E-state index in [0.29, 0.717) is 20.7 Å². The zero-order valence-corrected chi connectivity index (χ0v) is 11.6. The van der Waals surface area contributed by atoms with Crippen LogP contribution in [0.5, 0.6) is 0 Å². The number of nitriles is 1. The van der Waals surface area contributed by atoms with Gasteiger partial charge in [0, 0.05) is 6.20 Å². The number of ether oxygens (including phenoxy) is 1. The van der Waals surface area contributed by atoms with Crippen LogP contribution in [0, 0.1) is 17.1 Å². The Morgan fingerprint density at radius 3 is 3.00 bits per heavy atom. The van der Waals surface area contributed by atoms with Crippen molar-refractivity contribution in [1.29, 1.82) is 5.26 Å². The second kappa shape index (κ2) is 5.00. The first kappa shape index (κ1) is 13.3. The van der Waals surface area contributed by atoms with Gasteiger partial charge in [-0.2, -0.15) is 10.4 Å². The van der Waals surface area contributed by atoms with Gasteiger partial charge in [0.15, 0.2) is 0 Å². The van der Waals surface area contributed by atoms with E-state index in [9.17, 15) is 9.18 Å². The Hall–Kier alpha value is -2.72. The number of halogens is 1. The number of carbonyl (C=O) groups excluding carboxylic acids is 1. The molecule has 0 N–H and O–H groups in total. The van der Waals surface area contributed by atoms with Crippen molar-refractivity contribution in [2.45, 2.75) is 0 Å². The smallest absolute Gasteiger partial charge is 0.341 e. The van der Waals surface area contributed by atoms with Gasteiger partial charge in [-0.1, -0.05) is 0 Å². The molecule has 0 spiro atoms. The predicted octanol–water partition coefficient (Wildman–Crippen LogP) is 2.88. The van der Waals surface area contributed by atoms with E-state index in [0.717, 1.165) is 0 Å². The van der Waals surface area contributed by atoms with Crippen molar-refractivity contribution in [1.82, 2.24) is 9.78 Å². The van der Waals surface area contributed by atoms with E-state index in [1.165, 1.54) is 47.7 Å². The molecular formula is C14H8FN3O2S. The van der Waals surface area contributed by atoms with Gasteiger partial charge in [-0.15, -0.1) is 11.3 Å². The van der Waals surface area contributed by atoms with Crippen LogP contribution in [0.25, 0.3) is 15.1 Å². The predicted molar refractivity (Wildman–Crippen MR) is 75.0 cm³/mol. The normalized spacial score (nSPS) is 10.5. The fourth-order valence-electron chi connectivity index (χ4n) is 1.97. The third-order valence-corrected chi connectivity index (χ3v) is 4.09. The molecule has 0 amide bonds. The number of benzene rings is 1. The van der Waals surface area contributed by atoms with Gasteiger partial charge in [-0.3, -0.25) is 0 Å². The van der Waals surface area contributed by atoms with Crippen molar-refractivity contribution < 1.29 is 13.9 Å². The van der Waals surface area contributed by atoms with E-state index >= 15 is 0 Å². The number of carbonyl (C=O) groups is 1. The fraction of sp³-hybridized carbons (Fsp3) is 0.0714. The summed E-state index contributed by atoms with van der Waals surface area (Å²) in [7, 11) is 1.29. The second-order valence-corrected chi connectivity index (χ2v) is 5.26. The molecule has 0 bridgehead atoms. The van der Waals surface area contributed by atoms with Crippen LogP contribution >= 0.6 is 11.3 Å². The number of nitrogens with zero attached hydrogens (tertiary/aromatic N) is 3. The molecule has 0 saturated carbocycles. The Balaban J connectivity index is 2.11. The molecular weight excluding hydrogens is 293 g/mol. The van der Waals surface area contributed by atoms with Crippen LogP contribution in [-0.4, -0.2) is 22.9 Å². The van der Waals surface area contributed by atoms with Crippen LogP contribution in [-0.2, 0) is 4.74 Å². The maximum absolute atomic E-state index is 13.4. The lowest BCUT2D eigenvalue weighted by atomic mass is 10.2. The van der Waals surface area contributed by atoms with Crippen molar-refractivity contribution in [2.24, 2.45) is 0 Å². The highest BCUT2D eigenvalue weighted by Gasteiger charge is 2.13. The van der Waals surface area contributed by atoms with Crippen LogP contribution in [0.3, 0.4) is 0 Å². The van der Waals surface area contributed by atoms with Gasteiger partial charge in [0.05, 0.1) is 29.1 Å². The Labute approximate surface area is 122 Å². The van der Waals surface area contributed by atoms with Gasteiger partial charge in [0.1, 0.15) is 16.9 Å². The summed E-state index contributed by atoms with van der Waals surface area (Å²) in [6, 6.07) is 6.26. The van der Waals surface area contributed by atoms with Crippen LogP contribution in [0.2, 0.25) is 0 Å². The van der Waals surface area contributed by atoms with Gasteiger partial charge in [-0.05, 0) is 23.6 Å². The standard InChI is InChI=1S/C14H8FN3O2S/c1-20-14(19)10-6-17-18(7-10)12-4-8-2-11(15)3-9(5-16)13(8)21-12/h2-4,6-7H,1H3. The van der Waals surface area contributed by atoms with E-state index in [2.05, 4.69) is 9.84 Å². The van der Waals surface area contributed by atoms with Gasteiger partial charge in [0.2, 0.25) is 0 Å². The monoisotopic (exact) mass is 301 g/mol. The minimum atomic E-state index is -0.480. The average molecular weight is 301 g/mol. The van der Waals surface area contributed by atoms with Gasteiger partial charge < -0.3 is 4.74 Å². The minimum Gasteiger partial charge on any atom is -0.465 e. The summed E-state index contributed by atoms with van der Waals surface area (Å²) in [6.07, 6.45) is 2.92. The van der Waals surface area contributed by atoms with E-state index < -0.39 is 11.8 Å². The second-order valence-electron chi connectivity index (χ2n) is 4.23. The molecule has 5 nitrogen and oxygen atoms in total. The molecule has 104 valence electrons. The number of thiophene rings is 1. The van der Waals surface area contributed by atoms with Crippen LogP contribution in [0.4, 0.5) is 4.39 Å². The summed E-state index contributed by atoms with van der Waals surface area (Å²) in [5.41, 5.74) is 0.600. The number of fused-ring (bicyclic) bond motifs is 1. The minimum absolute atomic E-state index is 0.279. The third kappa shape index (κ3) is 2.26. The van der Waals surface area contributed by atoms with Crippen molar-refractivity contribution in [3.8, 4) is 11.1 Å². The lowest BCUT2D eigenvalue weighted by molar-refractivity contribution is 0.0600. The largest absolute Gasteiger partial charge is 0.465 e. The number of methoxy groups -OCH3 is 1. The number of hydrogen-bond acceptors (Lipinski definition) is 5. The Bertz CT molecular complexity index is 891. The Kier molecular flexibility index (Phi) is 3.16. The first-order valence-electron chi connectivity index (χ1n) is 5.89. The first-order chi connectivity index (χ1) is 10.1. The number of hydrogen-bond donors (Lipinski definition) is 0. The molecule has 0 saturated heterocycles. The van der Waals surface area contributed by atoms with Crippen LogP contribution in [0.1, 0.15) is 15.9 Å². The van der Waals surface area contributed by atoms with Gasteiger partial charge in [0.25, 0.3) is 0 Å². The van der Waals surface area contributed by atoms with Crippen LogP contribution in [0.15, 0.2) is 30.6 Å². The lowest BCUT2D eigenvalue weighted by Crippen LogP contribution is -1.98. The third-order valence-electron chi connectivity index (χ3n) is 2.92. The number of esters is 1. The summed E-state index contributed by atoms with van der Waals surface area (Å²) in [5.74, 6) is -0.940. The number of rotatable bonds is 2. The fourth-order valence-corrected chi connectivity index (χ4v) is 3.00. The molecule has 2 heterocycles. The Morgan fingerprint density at radius 1 is 1.48 bits per heavy atom. The van der Waals surface area contributed by atoms with Crippen molar-refractivity contribution in [2.75, 3.05) is 7.11 Å². The van der Waals surface area contributed by atoms with Gasteiger partial charge >= 0.3 is 5.97 Å².